The Kier molecular flexibility index (Phi) is 3.20. The number of hydrogen-bond acceptors (Lipinski definition) is 1. The zero-order chi connectivity index (χ0) is 9.80. The molecular weight excluding hydrogens is 188 g/mol. The number of benzene rings is 1. The molecule has 1 radical (unpaired) electrons. The molecule has 1 heteroatoms. The van der Waals surface area contributed by atoms with Crippen molar-refractivity contribution in [2.75, 3.05) is 0 Å². The Morgan fingerprint density at radius 3 is 2.93 bits per heavy atom. The fourth-order valence-corrected chi connectivity index (χ4v) is 2.45. The molecule has 2 aromatic rings. The van der Waals surface area contributed by atoms with E-state index in [1.165, 1.54) is 34.9 Å². The quantitative estimate of drug-likeness (QED) is 0.644. The second-order valence-corrected chi connectivity index (χ2v) is 4.55. The largest absolute Gasteiger partial charge is 0.144 e. The highest BCUT2D eigenvalue weighted by Crippen LogP contribution is 2.22. The van der Waals surface area contributed by atoms with E-state index < -0.39 is 0 Å². The molecule has 0 fully saturated rings. The van der Waals surface area contributed by atoms with E-state index >= 15 is 0 Å². The molecule has 0 nitrogen and oxygen atoms in total. The van der Waals surface area contributed by atoms with Gasteiger partial charge in [0.2, 0.25) is 0 Å². The Bertz CT molecular complexity index is 400. The Morgan fingerprint density at radius 2 is 2.07 bits per heavy atom. The molecule has 0 saturated heterocycles. The van der Waals surface area contributed by atoms with Crippen molar-refractivity contribution in [3.8, 4) is 0 Å². The van der Waals surface area contributed by atoms with E-state index in [0.717, 1.165) is 6.42 Å². The Balaban J connectivity index is 2.10. The first kappa shape index (κ1) is 9.72. The maximum atomic E-state index is 3.86. The van der Waals surface area contributed by atoms with E-state index in [9.17, 15) is 0 Å². The minimum absolute atomic E-state index is 1.06. The van der Waals surface area contributed by atoms with Gasteiger partial charge in [-0.25, -0.2) is 0 Å². The summed E-state index contributed by atoms with van der Waals surface area (Å²) in [6.45, 7) is 3.86. The molecule has 0 unspecified atom stereocenters. The zero-order valence-corrected chi connectivity index (χ0v) is 9.15. The van der Waals surface area contributed by atoms with Crippen LogP contribution < -0.4 is 0 Å². The van der Waals surface area contributed by atoms with Crippen LogP contribution in [0.4, 0.5) is 0 Å². The molecule has 0 aliphatic carbocycles. The third-order valence-electron chi connectivity index (χ3n) is 2.48. The number of thiophene rings is 1. The maximum absolute atomic E-state index is 3.86. The molecule has 2 rings (SSSR count). The zero-order valence-electron chi connectivity index (χ0n) is 8.33. The van der Waals surface area contributed by atoms with Gasteiger partial charge in [0.15, 0.2) is 0 Å². The highest BCUT2D eigenvalue weighted by Gasteiger charge is 1.97. The number of unbranched alkanes of at least 4 members (excludes halogenated alkanes) is 2. The average molecular weight is 203 g/mol. The normalized spacial score (nSPS) is 10.9. The lowest BCUT2D eigenvalue weighted by Crippen LogP contribution is -1.84. The van der Waals surface area contributed by atoms with E-state index in [2.05, 4.69) is 36.6 Å². The van der Waals surface area contributed by atoms with E-state index in [-0.39, 0.29) is 0 Å². The van der Waals surface area contributed by atoms with Crippen molar-refractivity contribution in [1.29, 1.82) is 0 Å². The first-order valence-corrected chi connectivity index (χ1v) is 6.03. The fraction of sp³-hybridized carbons (Fsp3) is 0.308. The lowest BCUT2D eigenvalue weighted by molar-refractivity contribution is 0.747. The molecule has 0 aliphatic heterocycles. The summed E-state index contributed by atoms with van der Waals surface area (Å²) in [6, 6.07) is 9.00. The monoisotopic (exact) mass is 203 g/mol. The fourth-order valence-electron chi connectivity index (χ4n) is 1.68. The smallest absolute Gasteiger partial charge is 0.0342 e. The van der Waals surface area contributed by atoms with Crippen molar-refractivity contribution in [2.45, 2.75) is 25.7 Å². The van der Waals surface area contributed by atoms with Gasteiger partial charge >= 0.3 is 0 Å². The van der Waals surface area contributed by atoms with Gasteiger partial charge in [0, 0.05) is 4.70 Å². The summed E-state index contributed by atoms with van der Waals surface area (Å²) in [4.78, 5) is 0. The predicted octanol–water partition coefficient (Wildman–Crippen LogP) is 4.45. The predicted molar refractivity (Wildman–Crippen MR) is 64.7 cm³/mol. The number of fused-ring (bicyclic) bond motifs is 1. The summed E-state index contributed by atoms with van der Waals surface area (Å²) < 4.78 is 1.39. The van der Waals surface area contributed by atoms with Crippen molar-refractivity contribution in [3.05, 3.63) is 42.1 Å². The molecule has 0 bridgehead atoms. The van der Waals surface area contributed by atoms with Crippen LogP contribution in [0, 0.1) is 6.92 Å². The summed E-state index contributed by atoms with van der Waals surface area (Å²) in [7, 11) is 0. The van der Waals surface area contributed by atoms with Crippen molar-refractivity contribution in [3.63, 3.8) is 0 Å². The number of aryl methyl sites for hydroxylation is 1. The van der Waals surface area contributed by atoms with E-state index in [4.69, 9.17) is 0 Å². The van der Waals surface area contributed by atoms with E-state index in [0.29, 0.717) is 0 Å². The SMILES string of the molecule is [CH2]CCCCc1ccc2sccc2c1. The van der Waals surface area contributed by atoms with Gasteiger partial charge < -0.3 is 0 Å². The molecule has 0 spiro atoms. The Labute approximate surface area is 89.6 Å². The van der Waals surface area contributed by atoms with Crippen LogP contribution in [0.5, 0.6) is 0 Å². The molecule has 0 amide bonds. The first-order chi connectivity index (χ1) is 6.90. The summed E-state index contributed by atoms with van der Waals surface area (Å²) in [6.07, 6.45) is 4.75. The summed E-state index contributed by atoms with van der Waals surface area (Å²) in [5.74, 6) is 0. The van der Waals surface area contributed by atoms with Crippen LogP contribution in [-0.4, -0.2) is 0 Å². The van der Waals surface area contributed by atoms with Crippen molar-refractivity contribution in [2.24, 2.45) is 0 Å². The summed E-state index contributed by atoms with van der Waals surface area (Å²) >= 11 is 1.81. The van der Waals surface area contributed by atoms with E-state index in [1.807, 2.05) is 11.3 Å². The van der Waals surface area contributed by atoms with Gasteiger partial charge in [-0.2, -0.15) is 0 Å². The molecule has 0 atom stereocenters. The third-order valence-corrected chi connectivity index (χ3v) is 3.38. The lowest BCUT2D eigenvalue weighted by Gasteiger charge is -2.00. The molecule has 73 valence electrons. The minimum Gasteiger partial charge on any atom is -0.144 e. The standard InChI is InChI=1S/C13H15S/c1-2-3-4-5-11-6-7-13-12(10-11)8-9-14-13/h6-10H,1-5H2. The van der Waals surface area contributed by atoms with Gasteiger partial charge in [-0.15, -0.1) is 11.3 Å². The number of rotatable bonds is 4. The van der Waals surface area contributed by atoms with Crippen LogP contribution in [0.15, 0.2) is 29.6 Å². The van der Waals surface area contributed by atoms with Gasteiger partial charge in [0.25, 0.3) is 0 Å². The second kappa shape index (κ2) is 4.61. The molecule has 1 aromatic carbocycles. The van der Waals surface area contributed by atoms with Crippen LogP contribution in [0.2, 0.25) is 0 Å². The Morgan fingerprint density at radius 1 is 1.14 bits per heavy atom. The van der Waals surface area contributed by atoms with Gasteiger partial charge in [0.1, 0.15) is 0 Å². The topological polar surface area (TPSA) is 0 Å². The molecule has 0 aliphatic rings. The van der Waals surface area contributed by atoms with E-state index in [1.54, 1.807) is 0 Å². The van der Waals surface area contributed by atoms with Crippen LogP contribution in [0.25, 0.3) is 10.1 Å². The first-order valence-electron chi connectivity index (χ1n) is 5.15. The Hall–Kier alpha value is -0.820. The maximum Gasteiger partial charge on any atom is 0.0342 e. The third kappa shape index (κ3) is 2.16. The van der Waals surface area contributed by atoms with Crippen LogP contribution in [-0.2, 0) is 6.42 Å². The van der Waals surface area contributed by atoms with Gasteiger partial charge in [0.05, 0.1) is 0 Å². The summed E-state index contributed by atoms with van der Waals surface area (Å²) in [5.41, 5.74) is 1.46. The summed E-state index contributed by atoms with van der Waals surface area (Å²) in [5, 5.41) is 3.55. The number of hydrogen-bond donors (Lipinski definition) is 0. The van der Waals surface area contributed by atoms with Crippen molar-refractivity contribution < 1.29 is 0 Å². The van der Waals surface area contributed by atoms with Gasteiger partial charge in [-0.3, -0.25) is 0 Å². The highest BCUT2D eigenvalue weighted by atomic mass is 32.1. The van der Waals surface area contributed by atoms with Gasteiger partial charge in [-0.05, 0) is 41.3 Å². The molecule has 1 heterocycles. The highest BCUT2D eigenvalue weighted by molar-refractivity contribution is 7.17. The minimum atomic E-state index is 1.06. The molecule has 14 heavy (non-hydrogen) atoms. The van der Waals surface area contributed by atoms with Crippen LogP contribution in [0.3, 0.4) is 0 Å². The molecule has 0 N–H and O–H groups in total. The van der Waals surface area contributed by atoms with Crippen LogP contribution >= 0.6 is 11.3 Å². The lowest BCUT2D eigenvalue weighted by atomic mass is 10.1. The molecule has 1 aromatic heterocycles. The van der Waals surface area contributed by atoms with Crippen LogP contribution in [0.1, 0.15) is 24.8 Å². The van der Waals surface area contributed by atoms with Gasteiger partial charge in [-0.1, -0.05) is 31.9 Å². The second-order valence-electron chi connectivity index (χ2n) is 3.60. The average Bonchev–Trinajstić information content (AvgIpc) is 2.65. The van der Waals surface area contributed by atoms with Crippen molar-refractivity contribution >= 4 is 21.4 Å². The van der Waals surface area contributed by atoms with Crippen molar-refractivity contribution in [1.82, 2.24) is 0 Å². The molecule has 0 saturated carbocycles. The molecular formula is C13H15S.